The summed E-state index contributed by atoms with van der Waals surface area (Å²) in [5.74, 6) is -0.457. The maximum Gasteiger partial charge on any atom is 0.306 e. The number of allylic oxidation sites excluding steroid dienone is 14. The zero-order valence-electron chi connectivity index (χ0n) is 35.2. The molecular weight excluding hydrogens is 669 g/mol. The van der Waals surface area contributed by atoms with Gasteiger partial charge in [0.15, 0.2) is 6.10 Å². The molecule has 0 spiro atoms. The van der Waals surface area contributed by atoms with Crippen molar-refractivity contribution >= 4 is 11.9 Å². The van der Waals surface area contributed by atoms with E-state index in [1.807, 2.05) is 0 Å². The van der Waals surface area contributed by atoms with Crippen LogP contribution in [-0.4, -0.2) is 37.9 Å². The van der Waals surface area contributed by atoms with E-state index < -0.39 is 6.10 Å². The van der Waals surface area contributed by atoms with E-state index in [-0.39, 0.29) is 25.2 Å². The van der Waals surface area contributed by atoms with Crippen LogP contribution in [0, 0.1) is 0 Å². The maximum atomic E-state index is 12.5. The lowest BCUT2D eigenvalue weighted by molar-refractivity contribution is -0.163. The molecule has 5 heteroatoms. The van der Waals surface area contributed by atoms with Crippen molar-refractivity contribution in [2.45, 2.75) is 194 Å². The number of unbranched alkanes of at least 4 members (excludes halogenated alkanes) is 14. The summed E-state index contributed by atoms with van der Waals surface area (Å²) in [4.78, 5) is 25.0. The number of ether oxygens (including phenoxy) is 3. The molecule has 1 atom stereocenters. The molecule has 0 aliphatic rings. The van der Waals surface area contributed by atoms with Crippen LogP contribution in [0.4, 0.5) is 0 Å². The van der Waals surface area contributed by atoms with Crippen molar-refractivity contribution in [1.82, 2.24) is 0 Å². The molecule has 5 nitrogen and oxygen atoms in total. The Bertz CT molecular complexity index is 1030. The number of esters is 2. The van der Waals surface area contributed by atoms with Crippen LogP contribution in [-0.2, 0) is 23.8 Å². The molecule has 0 radical (unpaired) electrons. The number of hydrogen-bond acceptors (Lipinski definition) is 5. The molecule has 54 heavy (non-hydrogen) atoms. The van der Waals surface area contributed by atoms with Crippen LogP contribution < -0.4 is 0 Å². The maximum absolute atomic E-state index is 12.5. The normalized spacial score (nSPS) is 13.0. The molecule has 1 unspecified atom stereocenters. The molecule has 0 N–H and O–H groups in total. The zero-order chi connectivity index (χ0) is 39.3. The van der Waals surface area contributed by atoms with Gasteiger partial charge in [-0.3, -0.25) is 9.59 Å². The summed E-state index contributed by atoms with van der Waals surface area (Å²) < 4.78 is 17.1. The molecule has 0 bridgehead atoms. The topological polar surface area (TPSA) is 61.8 Å². The molecule has 0 aromatic rings. The van der Waals surface area contributed by atoms with E-state index in [9.17, 15) is 9.59 Å². The first-order chi connectivity index (χ1) is 26.6. The molecule has 0 rings (SSSR count). The van der Waals surface area contributed by atoms with E-state index >= 15 is 0 Å². The summed E-state index contributed by atoms with van der Waals surface area (Å²) in [6.45, 7) is 7.45. The third kappa shape index (κ3) is 41.8. The predicted octanol–water partition coefficient (Wildman–Crippen LogP) is 14.6. The van der Waals surface area contributed by atoms with Gasteiger partial charge >= 0.3 is 11.9 Å². The second-order valence-corrected chi connectivity index (χ2v) is 14.2. The Labute approximate surface area is 333 Å². The minimum Gasteiger partial charge on any atom is -0.462 e. The van der Waals surface area contributed by atoms with Crippen LogP contribution in [0.3, 0.4) is 0 Å². The lowest BCUT2D eigenvalue weighted by Gasteiger charge is -2.18. The second kappa shape index (κ2) is 44.5. The van der Waals surface area contributed by atoms with Gasteiger partial charge in [-0.15, -0.1) is 0 Å². The van der Waals surface area contributed by atoms with E-state index in [0.717, 1.165) is 103 Å². The second-order valence-electron chi connectivity index (χ2n) is 14.2. The zero-order valence-corrected chi connectivity index (χ0v) is 35.2. The van der Waals surface area contributed by atoms with Crippen molar-refractivity contribution < 1.29 is 23.8 Å². The Morgan fingerprint density at radius 3 is 1.35 bits per heavy atom. The molecule has 0 amide bonds. The SMILES string of the molecule is CC/C=C\C/C=C\C/C=C\C/C=C\CCCCCCCCCOCC(COC(=O)CCCCC/C=C\C/C=C\C/C=C\CC)OC(=O)CCCCCCC. The average molecular weight is 751 g/mol. The van der Waals surface area contributed by atoms with E-state index in [0.29, 0.717) is 19.4 Å². The summed E-state index contributed by atoms with van der Waals surface area (Å²) in [6, 6.07) is 0. The van der Waals surface area contributed by atoms with Gasteiger partial charge in [0, 0.05) is 19.4 Å². The van der Waals surface area contributed by atoms with Gasteiger partial charge in [-0.25, -0.2) is 0 Å². The third-order valence-corrected chi connectivity index (χ3v) is 8.93. The van der Waals surface area contributed by atoms with E-state index in [1.165, 1.54) is 51.4 Å². The third-order valence-electron chi connectivity index (χ3n) is 8.93. The molecule has 308 valence electrons. The molecule has 0 aromatic heterocycles. The molecule has 0 heterocycles. The Kier molecular flexibility index (Phi) is 42.1. The molecular formula is C49H82O5. The standard InChI is InChI=1S/C49H82O5/c1-4-7-10-13-15-17-19-21-22-23-24-25-26-27-29-31-33-35-38-41-44-52-45-47(54-49(51)43-40-36-12-9-6-3)46-53-48(50)42-39-37-34-32-30-28-20-18-16-14-11-8-5-2/h7-8,10-11,15-18,21-22,24-25,28,30,47H,4-6,9,12-14,19-20,23,26-27,29,31-46H2,1-3H3/b10-7-,11-8-,17-15-,18-16-,22-21-,25-24-,30-28-. The largest absolute Gasteiger partial charge is 0.462 e. The van der Waals surface area contributed by atoms with Crippen molar-refractivity contribution in [3.63, 3.8) is 0 Å². The van der Waals surface area contributed by atoms with Crippen molar-refractivity contribution in [2.24, 2.45) is 0 Å². The highest BCUT2D eigenvalue weighted by atomic mass is 16.6. The van der Waals surface area contributed by atoms with Gasteiger partial charge in [0.1, 0.15) is 6.61 Å². The summed E-state index contributed by atoms with van der Waals surface area (Å²) in [5.41, 5.74) is 0. The molecule has 0 aliphatic carbocycles. The van der Waals surface area contributed by atoms with Gasteiger partial charge in [-0.2, -0.15) is 0 Å². The fourth-order valence-corrected chi connectivity index (χ4v) is 5.69. The van der Waals surface area contributed by atoms with Crippen LogP contribution >= 0.6 is 0 Å². The van der Waals surface area contributed by atoms with E-state index in [1.54, 1.807) is 0 Å². The van der Waals surface area contributed by atoms with Crippen LogP contribution in [0.5, 0.6) is 0 Å². The van der Waals surface area contributed by atoms with Crippen molar-refractivity contribution in [3.05, 3.63) is 85.1 Å². The molecule has 0 aromatic carbocycles. The lowest BCUT2D eigenvalue weighted by Crippen LogP contribution is -2.30. The Morgan fingerprint density at radius 2 is 0.833 bits per heavy atom. The van der Waals surface area contributed by atoms with Gasteiger partial charge in [-0.1, -0.05) is 170 Å². The van der Waals surface area contributed by atoms with Gasteiger partial charge in [0.25, 0.3) is 0 Å². The number of carbonyl (C=O) groups is 2. The summed E-state index contributed by atoms with van der Waals surface area (Å²) >= 11 is 0. The summed E-state index contributed by atoms with van der Waals surface area (Å²) in [6.07, 6.45) is 57.6. The Morgan fingerprint density at radius 1 is 0.426 bits per heavy atom. The lowest BCUT2D eigenvalue weighted by atomic mass is 10.1. The highest BCUT2D eigenvalue weighted by molar-refractivity contribution is 5.70. The van der Waals surface area contributed by atoms with Gasteiger partial charge in [0.2, 0.25) is 0 Å². The van der Waals surface area contributed by atoms with Gasteiger partial charge in [-0.05, 0) is 89.9 Å². The first kappa shape index (κ1) is 51.1. The highest BCUT2D eigenvalue weighted by Gasteiger charge is 2.17. The number of rotatable bonds is 39. The first-order valence-electron chi connectivity index (χ1n) is 22.1. The predicted molar refractivity (Wildman–Crippen MR) is 233 cm³/mol. The Hall–Kier alpha value is -2.92. The monoisotopic (exact) mass is 751 g/mol. The van der Waals surface area contributed by atoms with Crippen molar-refractivity contribution in [2.75, 3.05) is 19.8 Å². The highest BCUT2D eigenvalue weighted by Crippen LogP contribution is 2.12. The fourth-order valence-electron chi connectivity index (χ4n) is 5.69. The first-order valence-corrected chi connectivity index (χ1v) is 22.1. The van der Waals surface area contributed by atoms with Crippen LogP contribution in [0.15, 0.2) is 85.1 Å². The van der Waals surface area contributed by atoms with E-state index in [2.05, 4.69) is 106 Å². The van der Waals surface area contributed by atoms with Crippen molar-refractivity contribution in [3.8, 4) is 0 Å². The smallest absolute Gasteiger partial charge is 0.306 e. The van der Waals surface area contributed by atoms with E-state index in [4.69, 9.17) is 14.2 Å². The minimum absolute atomic E-state index is 0.0613. The van der Waals surface area contributed by atoms with Crippen LogP contribution in [0.2, 0.25) is 0 Å². The number of carbonyl (C=O) groups excluding carboxylic acids is 2. The summed E-state index contributed by atoms with van der Waals surface area (Å²) in [5, 5.41) is 0. The van der Waals surface area contributed by atoms with Crippen molar-refractivity contribution in [1.29, 1.82) is 0 Å². The quantitative estimate of drug-likeness (QED) is 0.0356. The van der Waals surface area contributed by atoms with Gasteiger partial charge in [0.05, 0.1) is 6.61 Å². The Balaban J connectivity index is 4.12. The minimum atomic E-state index is -0.552. The average Bonchev–Trinajstić information content (AvgIpc) is 3.17. The fraction of sp³-hybridized carbons (Fsp3) is 0.673. The molecule has 0 fully saturated rings. The molecule has 0 saturated heterocycles. The van der Waals surface area contributed by atoms with Crippen LogP contribution in [0.1, 0.15) is 188 Å². The van der Waals surface area contributed by atoms with Gasteiger partial charge < -0.3 is 14.2 Å². The molecule has 0 aliphatic heterocycles. The van der Waals surface area contributed by atoms with Crippen LogP contribution in [0.25, 0.3) is 0 Å². The summed E-state index contributed by atoms with van der Waals surface area (Å²) in [7, 11) is 0. The molecule has 0 saturated carbocycles. The number of hydrogen-bond donors (Lipinski definition) is 0.